The SMILES string of the molecule is C(=C\c1ccncc1)/c1ccncc1.O.O.O.O.O=C([O-])c1cccc(C(=O)[O-])n1.O=C([O-])c1cccc(C(=O)[O-])n1.[Cu+2].[Cu+2]. The first-order valence-corrected chi connectivity index (χ1v) is 10.4. The average Bonchev–Trinajstić information content (AvgIpc) is 2.94. The zero-order valence-electron chi connectivity index (χ0n) is 21.9. The van der Waals surface area contributed by atoms with Crippen LogP contribution in [0.25, 0.3) is 12.2 Å². The summed E-state index contributed by atoms with van der Waals surface area (Å²) in [6.45, 7) is 0. The van der Waals surface area contributed by atoms with Crippen LogP contribution in [0, 0.1) is 0 Å². The van der Waals surface area contributed by atoms with Crippen molar-refractivity contribution >= 4 is 36.0 Å². The van der Waals surface area contributed by atoms with Crippen LogP contribution in [0.15, 0.2) is 85.5 Å². The summed E-state index contributed by atoms with van der Waals surface area (Å²) in [4.78, 5) is 55.2. The molecule has 44 heavy (non-hydrogen) atoms. The number of carbonyl (C=O) groups excluding carboxylic acids is 4. The molecule has 4 rings (SSSR count). The summed E-state index contributed by atoms with van der Waals surface area (Å²) < 4.78 is 0. The number of aromatic nitrogens is 4. The van der Waals surface area contributed by atoms with Crippen LogP contribution in [-0.2, 0) is 34.1 Å². The molecular weight excluding hydrogens is 687 g/mol. The maximum atomic E-state index is 10.2. The van der Waals surface area contributed by atoms with E-state index in [1.165, 1.54) is 12.1 Å². The first kappa shape index (κ1) is 48.8. The summed E-state index contributed by atoms with van der Waals surface area (Å²) in [5, 5.41) is 40.8. The van der Waals surface area contributed by atoms with Gasteiger partial charge in [-0.3, -0.25) is 9.97 Å². The molecule has 8 N–H and O–H groups in total. The molecule has 0 aliphatic heterocycles. The predicted molar refractivity (Wildman–Crippen MR) is 138 cm³/mol. The maximum Gasteiger partial charge on any atom is 2.00 e. The van der Waals surface area contributed by atoms with Crippen LogP contribution in [0.2, 0.25) is 0 Å². The minimum atomic E-state index is -1.52. The zero-order valence-corrected chi connectivity index (χ0v) is 23.8. The average molecular weight is 712 g/mol. The molecule has 0 saturated heterocycles. The normalized spacial score (nSPS) is 8.45. The Kier molecular flexibility index (Phi) is 28.6. The second-order valence-electron chi connectivity index (χ2n) is 6.86. The summed E-state index contributed by atoms with van der Waals surface area (Å²) in [6.07, 6.45) is 11.2. The molecule has 4 aromatic rings. The quantitative estimate of drug-likeness (QED) is 0.170. The third kappa shape index (κ3) is 17.8. The number of carboxylic acid groups (broad SMARTS) is 4. The Bertz CT molecular complexity index is 1280. The molecule has 0 aliphatic rings. The van der Waals surface area contributed by atoms with Gasteiger partial charge < -0.3 is 61.5 Å². The van der Waals surface area contributed by atoms with Crippen LogP contribution < -0.4 is 20.4 Å². The van der Waals surface area contributed by atoms with E-state index in [0.29, 0.717) is 0 Å². The fourth-order valence-electron chi connectivity index (χ4n) is 2.47. The first-order valence-electron chi connectivity index (χ1n) is 10.4. The van der Waals surface area contributed by atoms with Gasteiger partial charge in [0.15, 0.2) is 0 Å². The Hall–Kier alpha value is -4.90. The Balaban J connectivity index is -0.000000162. The van der Waals surface area contributed by atoms with E-state index in [1.807, 2.05) is 24.3 Å². The van der Waals surface area contributed by atoms with Gasteiger partial charge in [0.1, 0.15) is 0 Å². The molecule has 2 radical (unpaired) electrons. The molecule has 242 valence electrons. The minimum absolute atomic E-state index is 0. The standard InChI is InChI=1S/C12H10N2.2C7H5NO4.2Cu.4H2O/c1(11-3-7-13-8-4-11)2-12-5-9-14-10-6-12;2*9-6(10)4-2-1-3-5(8-4)7(11)12;;;;;;/h1-10H;2*1-3H,(H,9,10)(H,11,12);;;4*1H2/q;;;2*+2;;;;/p-4/b2-1+;;;;;;;;. The molecule has 18 heteroatoms. The molecule has 0 fully saturated rings. The number of hydrogen-bond donors (Lipinski definition) is 0. The number of rotatable bonds is 6. The van der Waals surface area contributed by atoms with Crippen LogP contribution in [0.4, 0.5) is 0 Å². The van der Waals surface area contributed by atoms with Crippen LogP contribution >= 0.6 is 0 Å². The minimum Gasteiger partial charge on any atom is -0.543 e. The fraction of sp³-hybridized carbons (Fsp3) is 0. The second-order valence-corrected chi connectivity index (χ2v) is 6.86. The van der Waals surface area contributed by atoms with Crippen LogP contribution in [0.1, 0.15) is 53.1 Å². The van der Waals surface area contributed by atoms with Gasteiger partial charge in [0, 0.05) is 24.8 Å². The van der Waals surface area contributed by atoms with E-state index >= 15 is 0 Å². The topological polar surface area (TPSA) is 338 Å². The summed E-state index contributed by atoms with van der Waals surface area (Å²) in [5.41, 5.74) is 0.621. The Labute approximate surface area is 270 Å². The first-order chi connectivity index (χ1) is 18.2. The number of carbonyl (C=O) groups is 4. The van der Waals surface area contributed by atoms with Crippen molar-refractivity contribution in [1.82, 2.24) is 19.9 Å². The van der Waals surface area contributed by atoms with Crippen molar-refractivity contribution in [2.45, 2.75) is 0 Å². The van der Waals surface area contributed by atoms with E-state index in [9.17, 15) is 39.6 Å². The number of nitrogens with zero attached hydrogens (tertiary/aromatic N) is 4. The van der Waals surface area contributed by atoms with Crippen LogP contribution in [0.3, 0.4) is 0 Å². The summed E-state index contributed by atoms with van der Waals surface area (Å²) in [7, 11) is 0. The van der Waals surface area contributed by atoms with Crippen LogP contribution in [-0.4, -0.2) is 65.7 Å². The van der Waals surface area contributed by atoms with Crippen molar-refractivity contribution in [3.63, 3.8) is 0 Å². The molecular formula is C26H24Cu2N4O12. The van der Waals surface area contributed by atoms with Gasteiger partial charge in [0.2, 0.25) is 0 Å². The monoisotopic (exact) mass is 710 g/mol. The van der Waals surface area contributed by atoms with Crippen molar-refractivity contribution in [1.29, 1.82) is 0 Å². The smallest absolute Gasteiger partial charge is 0.543 e. The summed E-state index contributed by atoms with van der Waals surface area (Å²) in [6, 6.07) is 14.9. The molecule has 4 aromatic heterocycles. The molecule has 4 heterocycles. The number of aromatic carboxylic acids is 4. The van der Waals surface area contributed by atoms with Crippen molar-refractivity contribution in [2.24, 2.45) is 0 Å². The summed E-state index contributed by atoms with van der Waals surface area (Å²) >= 11 is 0. The van der Waals surface area contributed by atoms with Gasteiger partial charge >= 0.3 is 34.1 Å². The number of pyridine rings is 4. The van der Waals surface area contributed by atoms with Crippen molar-refractivity contribution in [3.8, 4) is 0 Å². The third-order valence-electron chi connectivity index (χ3n) is 4.22. The number of hydrogen-bond acceptors (Lipinski definition) is 12. The largest absolute Gasteiger partial charge is 2.00 e. The van der Waals surface area contributed by atoms with Gasteiger partial charge in [-0.25, -0.2) is 9.97 Å². The van der Waals surface area contributed by atoms with E-state index in [0.717, 1.165) is 35.4 Å². The van der Waals surface area contributed by atoms with Crippen molar-refractivity contribution < 1.29 is 95.6 Å². The second kappa shape index (κ2) is 25.8. The van der Waals surface area contributed by atoms with Gasteiger partial charge in [-0.1, -0.05) is 24.3 Å². The fourth-order valence-corrected chi connectivity index (χ4v) is 2.47. The number of carboxylic acids is 4. The Morgan fingerprint density at radius 1 is 0.455 bits per heavy atom. The Morgan fingerprint density at radius 3 is 0.886 bits per heavy atom. The van der Waals surface area contributed by atoms with E-state index < -0.39 is 46.7 Å². The maximum absolute atomic E-state index is 10.2. The van der Waals surface area contributed by atoms with E-state index in [4.69, 9.17) is 0 Å². The van der Waals surface area contributed by atoms with Crippen molar-refractivity contribution in [3.05, 3.63) is 119 Å². The Morgan fingerprint density at radius 2 is 0.682 bits per heavy atom. The third-order valence-corrected chi connectivity index (χ3v) is 4.22. The molecule has 0 spiro atoms. The predicted octanol–water partition coefficient (Wildman–Crippen LogP) is -5.04. The van der Waals surface area contributed by atoms with Gasteiger partial charge in [-0.15, -0.1) is 0 Å². The molecule has 0 saturated carbocycles. The van der Waals surface area contributed by atoms with Gasteiger partial charge in [-0.05, 0) is 59.7 Å². The molecule has 0 aromatic carbocycles. The van der Waals surface area contributed by atoms with E-state index in [2.05, 4.69) is 32.1 Å². The van der Waals surface area contributed by atoms with Crippen molar-refractivity contribution in [2.75, 3.05) is 0 Å². The molecule has 16 nitrogen and oxygen atoms in total. The zero-order chi connectivity index (χ0) is 27.9. The van der Waals surface area contributed by atoms with Gasteiger partial charge in [-0.2, -0.15) is 0 Å². The summed E-state index contributed by atoms with van der Waals surface area (Å²) in [5.74, 6) is -6.06. The van der Waals surface area contributed by atoms with Gasteiger partial charge in [0.25, 0.3) is 0 Å². The molecule has 0 amide bonds. The van der Waals surface area contributed by atoms with Crippen LogP contribution in [0.5, 0.6) is 0 Å². The molecule has 0 unspecified atom stereocenters. The van der Waals surface area contributed by atoms with Gasteiger partial charge in [0.05, 0.1) is 46.7 Å². The molecule has 0 atom stereocenters. The van der Waals surface area contributed by atoms with E-state index in [-0.39, 0.29) is 56.0 Å². The molecule has 0 bridgehead atoms. The van der Waals surface area contributed by atoms with E-state index in [1.54, 1.807) is 24.8 Å². The molecule has 0 aliphatic carbocycles.